The van der Waals surface area contributed by atoms with Crippen molar-refractivity contribution in [2.75, 3.05) is 11.5 Å². The molecular formula is C9H14N2. The van der Waals surface area contributed by atoms with Crippen LogP contribution in [0.4, 0.5) is 11.4 Å². The van der Waals surface area contributed by atoms with Crippen molar-refractivity contribution in [2.45, 2.75) is 19.8 Å². The number of nitrogens with two attached hydrogens (primary N) is 2. The average molecular weight is 150 g/mol. The third-order valence-corrected chi connectivity index (χ3v) is 1.75. The highest BCUT2D eigenvalue weighted by molar-refractivity contribution is 5.61. The third kappa shape index (κ3) is 1.64. The van der Waals surface area contributed by atoms with Crippen LogP contribution in [0.25, 0.3) is 0 Å². The van der Waals surface area contributed by atoms with Crippen molar-refractivity contribution in [1.82, 2.24) is 0 Å². The first-order valence-electron chi connectivity index (χ1n) is 3.88. The van der Waals surface area contributed by atoms with Gasteiger partial charge in [0.15, 0.2) is 0 Å². The van der Waals surface area contributed by atoms with Gasteiger partial charge in [0.1, 0.15) is 0 Å². The first-order chi connectivity index (χ1) is 5.25. The molecule has 0 unspecified atom stereocenters. The van der Waals surface area contributed by atoms with Gasteiger partial charge in [0.2, 0.25) is 0 Å². The van der Waals surface area contributed by atoms with E-state index in [4.69, 9.17) is 11.5 Å². The number of hydrogen-bond acceptors (Lipinski definition) is 2. The van der Waals surface area contributed by atoms with Crippen LogP contribution in [0.1, 0.15) is 18.9 Å². The quantitative estimate of drug-likeness (QED) is 0.631. The minimum absolute atomic E-state index is 0.812. The molecule has 0 aliphatic heterocycles. The van der Waals surface area contributed by atoms with Crippen molar-refractivity contribution in [3.8, 4) is 0 Å². The van der Waals surface area contributed by atoms with E-state index in [0.29, 0.717) is 0 Å². The molecule has 0 heterocycles. The Labute approximate surface area is 67.2 Å². The molecular weight excluding hydrogens is 136 g/mol. The van der Waals surface area contributed by atoms with E-state index in [9.17, 15) is 0 Å². The normalized spacial score (nSPS) is 9.91. The van der Waals surface area contributed by atoms with E-state index >= 15 is 0 Å². The van der Waals surface area contributed by atoms with E-state index < -0.39 is 0 Å². The molecule has 0 aromatic heterocycles. The highest BCUT2D eigenvalue weighted by Gasteiger charge is 2.00. The summed E-state index contributed by atoms with van der Waals surface area (Å²) in [6.07, 6.45) is 2.05. The fraction of sp³-hybridized carbons (Fsp3) is 0.333. The first-order valence-corrected chi connectivity index (χ1v) is 3.88. The van der Waals surface area contributed by atoms with Gasteiger partial charge in [-0.1, -0.05) is 19.4 Å². The zero-order chi connectivity index (χ0) is 8.27. The van der Waals surface area contributed by atoms with Crippen LogP contribution >= 0.6 is 0 Å². The van der Waals surface area contributed by atoms with Gasteiger partial charge in [-0.2, -0.15) is 0 Å². The number of benzene rings is 1. The monoisotopic (exact) mass is 150 g/mol. The Kier molecular flexibility index (Phi) is 2.36. The lowest BCUT2D eigenvalue weighted by molar-refractivity contribution is 0.927. The smallest absolute Gasteiger partial charge is 0.0367 e. The van der Waals surface area contributed by atoms with Gasteiger partial charge >= 0.3 is 0 Å². The van der Waals surface area contributed by atoms with Crippen molar-refractivity contribution in [2.24, 2.45) is 0 Å². The van der Waals surface area contributed by atoms with Crippen LogP contribution in [-0.4, -0.2) is 0 Å². The van der Waals surface area contributed by atoms with Crippen molar-refractivity contribution >= 4 is 11.4 Å². The van der Waals surface area contributed by atoms with E-state index in [1.54, 1.807) is 0 Å². The molecule has 0 aliphatic carbocycles. The molecule has 1 rings (SSSR count). The van der Waals surface area contributed by atoms with Crippen LogP contribution in [0.15, 0.2) is 18.2 Å². The molecule has 2 nitrogen and oxygen atoms in total. The van der Waals surface area contributed by atoms with Crippen LogP contribution in [-0.2, 0) is 6.42 Å². The lowest BCUT2D eigenvalue weighted by atomic mass is 10.1. The Hall–Kier alpha value is -1.18. The highest BCUT2D eigenvalue weighted by atomic mass is 14.6. The first kappa shape index (κ1) is 7.92. The van der Waals surface area contributed by atoms with Gasteiger partial charge in [0, 0.05) is 11.4 Å². The molecule has 0 saturated carbocycles. The van der Waals surface area contributed by atoms with Crippen LogP contribution in [0.2, 0.25) is 0 Å². The standard InChI is InChI=1S/C9H14N2/c1-2-4-7-8(10)5-3-6-9(7)11/h3,5-6H,2,4,10-11H2,1H3. The van der Waals surface area contributed by atoms with Gasteiger partial charge in [0.25, 0.3) is 0 Å². The second-order valence-corrected chi connectivity index (χ2v) is 2.67. The largest absolute Gasteiger partial charge is 0.398 e. The Morgan fingerprint density at radius 3 is 2.18 bits per heavy atom. The highest BCUT2D eigenvalue weighted by Crippen LogP contribution is 2.20. The van der Waals surface area contributed by atoms with Gasteiger partial charge in [0.05, 0.1) is 0 Å². The maximum Gasteiger partial charge on any atom is 0.0367 e. The molecule has 0 aliphatic rings. The molecule has 0 bridgehead atoms. The van der Waals surface area contributed by atoms with E-state index in [0.717, 1.165) is 29.8 Å². The minimum atomic E-state index is 0.812. The molecule has 0 amide bonds. The lowest BCUT2D eigenvalue weighted by Crippen LogP contribution is -1.99. The van der Waals surface area contributed by atoms with Crippen molar-refractivity contribution in [3.63, 3.8) is 0 Å². The summed E-state index contributed by atoms with van der Waals surface area (Å²) in [4.78, 5) is 0. The van der Waals surface area contributed by atoms with Gasteiger partial charge in [-0.15, -0.1) is 0 Å². The van der Waals surface area contributed by atoms with Gasteiger partial charge in [-0.3, -0.25) is 0 Å². The van der Waals surface area contributed by atoms with Gasteiger partial charge in [-0.05, 0) is 24.1 Å². The van der Waals surface area contributed by atoms with Gasteiger partial charge < -0.3 is 11.5 Å². The number of rotatable bonds is 2. The Morgan fingerprint density at radius 2 is 1.73 bits per heavy atom. The zero-order valence-electron chi connectivity index (χ0n) is 6.80. The molecule has 0 fully saturated rings. The number of nitrogen functional groups attached to an aromatic ring is 2. The number of hydrogen-bond donors (Lipinski definition) is 2. The molecule has 0 radical (unpaired) electrons. The van der Waals surface area contributed by atoms with E-state index in [-0.39, 0.29) is 0 Å². The molecule has 1 aromatic rings. The fourth-order valence-electron chi connectivity index (χ4n) is 1.16. The van der Waals surface area contributed by atoms with Crippen molar-refractivity contribution < 1.29 is 0 Å². The Morgan fingerprint density at radius 1 is 1.18 bits per heavy atom. The summed E-state index contributed by atoms with van der Waals surface area (Å²) >= 11 is 0. The summed E-state index contributed by atoms with van der Waals surface area (Å²) in [5, 5.41) is 0. The second kappa shape index (κ2) is 3.28. The van der Waals surface area contributed by atoms with E-state index in [1.165, 1.54) is 0 Å². The zero-order valence-corrected chi connectivity index (χ0v) is 6.80. The molecule has 0 atom stereocenters. The SMILES string of the molecule is CCCc1c(N)cccc1N. The van der Waals surface area contributed by atoms with Crippen LogP contribution < -0.4 is 11.5 Å². The van der Waals surface area contributed by atoms with Gasteiger partial charge in [-0.25, -0.2) is 0 Å². The summed E-state index contributed by atoms with van der Waals surface area (Å²) < 4.78 is 0. The predicted molar refractivity (Wildman–Crippen MR) is 49.3 cm³/mol. The average Bonchev–Trinajstić information content (AvgIpc) is 1.97. The molecule has 4 N–H and O–H groups in total. The second-order valence-electron chi connectivity index (χ2n) is 2.67. The van der Waals surface area contributed by atoms with E-state index in [1.807, 2.05) is 18.2 Å². The third-order valence-electron chi connectivity index (χ3n) is 1.75. The van der Waals surface area contributed by atoms with Crippen LogP contribution in [0, 0.1) is 0 Å². The molecule has 0 spiro atoms. The fourth-order valence-corrected chi connectivity index (χ4v) is 1.16. The molecule has 0 saturated heterocycles. The predicted octanol–water partition coefficient (Wildman–Crippen LogP) is 1.80. The van der Waals surface area contributed by atoms with Crippen LogP contribution in [0.3, 0.4) is 0 Å². The maximum absolute atomic E-state index is 5.73. The molecule has 2 heteroatoms. The topological polar surface area (TPSA) is 52.0 Å². The maximum atomic E-state index is 5.73. The Balaban J connectivity index is 3.00. The Bertz CT molecular complexity index is 223. The summed E-state index contributed by atoms with van der Waals surface area (Å²) in [5.41, 5.74) is 14.2. The lowest BCUT2D eigenvalue weighted by Gasteiger charge is -2.06. The summed E-state index contributed by atoms with van der Waals surface area (Å²) in [6, 6.07) is 5.66. The summed E-state index contributed by atoms with van der Waals surface area (Å²) in [5.74, 6) is 0. The van der Waals surface area contributed by atoms with Crippen molar-refractivity contribution in [3.05, 3.63) is 23.8 Å². The minimum Gasteiger partial charge on any atom is -0.398 e. The molecule has 60 valence electrons. The van der Waals surface area contributed by atoms with E-state index in [2.05, 4.69) is 6.92 Å². The van der Waals surface area contributed by atoms with Crippen LogP contribution in [0.5, 0.6) is 0 Å². The summed E-state index contributed by atoms with van der Waals surface area (Å²) in [7, 11) is 0. The molecule has 11 heavy (non-hydrogen) atoms. The molecule has 1 aromatic carbocycles. The van der Waals surface area contributed by atoms with Crippen molar-refractivity contribution in [1.29, 1.82) is 0 Å². The summed E-state index contributed by atoms with van der Waals surface area (Å²) in [6.45, 7) is 2.12. The number of anilines is 2.